The average Bonchev–Trinajstić information content (AvgIpc) is 3.09. The summed E-state index contributed by atoms with van der Waals surface area (Å²) in [5, 5.41) is 2.91. The second-order valence-corrected chi connectivity index (χ2v) is 6.67. The molecule has 0 bridgehead atoms. The maximum atomic E-state index is 12.2. The van der Waals surface area contributed by atoms with Gasteiger partial charge in [-0.2, -0.15) is 0 Å². The summed E-state index contributed by atoms with van der Waals surface area (Å²) in [6, 6.07) is -0.631. The van der Waals surface area contributed by atoms with Crippen LogP contribution in [0.2, 0.25) is 0 Å². The summed E-state index contributed by atoms with van der Waals surface area (Å²) in [4.78, 5) is 26.2. The molecule has 1 aliphatic heterocycles. The molecule has 1 saturated heterocycles. The fourth-order valence-corrected chi connectivity index (χ4v) is 3.52. The van der Waals surface area contributed by atoms with Gasteiger partial charge >= 0.3 is 12.0 Å². The van der Waals surface area contributed by atoms with Gasteiger partial charge < -0.3 is 15.0 Å². The third kappa shape index (κ3) is 4.35. The first-order chi connectivity index (χ1) is 10.0. The Balaban J connectivity index is 1.97. The minimum Gasteiger partial charge on any atom is -0.464 e. The summed E-state index contributed by atoms with van der Waals surface area (Å²) < 4.78 is 5.15. The minimum atomic E-state index is -0.513. The number of carbonyl (C=O) groups excluding carboxylic acids is 2. The second-order valence-electron chi connectivity index (χ2n) is 6.67. The number of carbonyl (C=O) groups is 2. The number of nitrogens with one attached hydrogen (secondary N) is 1. The molecular weight excluding hydrogens is 268 g/mol. The van der Waals surface area contributed by atoms with Gasteiger partial charge in [0.1, 0.15) is 6.04 Å². The standard InChI is InChI=1S/C16H28N2O3/c1-3-21-14(19)13(12-16(2)8-4-5-9-16)17-15(20)18-10-6-7-11-18/h13H,3-12H2,1-2H3,(H,17,20)/t13-/m0/s1. The van der Waals surface area contributed by atoms with Crippen LogP contribution in [-0.2, 0) is 9.53 Å². The molecule has 0 aromatic rings. The molecule has 1 heterocycles. The Bertz CT molecular complexity index is 372. The van der Waals surface area contributed by atoms with E-state index < -0.39 is 6.04 Å². The van der Waals surface area contributed by atoms with Gasteiger partial charge in [0.25, 0.3) is 0 Å². The van der Waals surface area contributed by atoms with Crippen molar-refractivity contribution in [2.45, 2.75) is 64.8 Å². The lowest BCUT2D eigenvalue weighted by molar-refractivity contribution is -0.146. The molecule has 21 heavy (non-hydrogen) atoms. The van der Waals surface area contributed by atoms with Crippen LogP contribution in [-0.4, -0.2) is 42.6 Å². The van der Waals surface area contributed by atoms with E-state index in [1.165, 1.54) is 12.8 Å². The van der Waals surface area contributed by atoms with Crippen molar-refractivity contribution in [3.8, 4) is 0 Å². The predicted octanol–water partition coefficient (Wildman–Crippen LogP) is 2.69. The molecule has 2 aliphatic rings. The lowest BCUT2D eigenvalue weighted by atomic mass is 9.82. The molecular formula is C16H28N2O3. The monoisotopic (exact) mass is 296 g/mol. The van der Waals surface area contributed by atoms with Gasteiger partial charge in [0.2, 0.25) is 0 Å². The zero-order chi connectivity index (χ0) is 15.3. The van der Waals surface area contributed by atoms with Crippen molar-refractivity contribution >= 4 is 12.0 Å². The zero-order valence-electron chi connectivity index (χ0n) is 13.3. The lowest BCUT2D eigenvalue weighted by Crippen LogP contribution is -2.49. The van der Waals surface area contributed by atoms with Gasteiger partial charge in [0, 0.05) is 13.1 Å². The fraction of sp³-hybridized carbons (Fsp3) is 0.875. The molecule has 5 heteroatoms. The quantitative estimate of drug-likeness (QED) is 0.794. The summed E-state index contributed by atoms with van der Waals surface area (Å²) >= 11 is 0. The third-order valence-electron chi connectivity index (χ3n) is 4.77. The highest BCUT2D eigenvalue weighted by Gasteiger charge is 2.36. The highest BCUT2D eigenvalue weighted by Crippen LogP contribution is 2.41. The number of rotatable bonds is 5. The first-order valence-electron chi connectivity index (χ1n) is 8.26. The van der Waals surface area contributed by atoms with E-state index in [1.807, 2.05) is 0 Å². The number of amides is 2. The zero-order valence-corrected chi connectivity index (χ0v) is 13.3. The Hall–Kier alpha value is -1.26. The SMILES string of the molecule is CCOC(=O)[C@H](CC1(C)CCCC1)NC(=O)N1CCCC1. The van der Waals surface area contributed by atoms with E-state index in [4.69, 9.17) is 4.74 Å². The minimum absolute atomic E-state index is 0.118. The molecule has 1 atom stereocenters. The number of hydrogen-bond donors (Lipinski definition) is 1. The summed E-state index contributed by atoms with van der Waals surface area (Å²) in [5.41, 5.74) is 0.149. The Morgan fingerprint density at radius 1 is 1.19 bits per heavy atom. The predicted molar refractivity (Wildman–Crippen MR) is 81.0 cm³/mol. The molecule has 0 radical (unpaired) electrons. The molecule has 1 aliphatic carbocycles. The van der Waals surface area contributed by atoms with Crippen LogP contribution in [0.1, 0.15) is 58.8 Å². The van der Waals surface area contributed by atoms with Crippen LogP contribution < -0.4 is 5.32 Å². The van der Waals surface area contributed by atoms with Crippen molar-refractivity contribution in [2.75, 3.05) is 19.7 Å². The summed E-state index contributed by atoms with van der Waals surface area (Å²) in [6.07, 6.45) is 7.47. The molecule has 2 amide bonds. The van der Waals surface area contributed by atoms with Crippen LogP contribution in [0, 0.1) is 5.41 Å². The van der Waals surface area contributed by atoms with Crippen molar-refractivity contribution in [3.05, 3.63) is 0 Å². The highest BCUT2D eigenvalue weighted by atomic mass is 16.5. The fourth-order valence-electron chi connectivity index (χ4n) is 3.52. The Labute approximate surface area is 127 Å². The summed E-state index contributed by atoms with van der Waals surface area (Å²) in [6.45, 7) is 5.95. The normalized spacial score (nSPS) is 22.1. The van der Waals surface area contributed by atoms with Gasteiger partial charge in [0.15, 0.2) is 0 Å². The summed E-state index contributed by atoms with van der Waals surface area (Å²) in [7, 11) is 0. The van der Waals surface area contributed by atoms with Crippen molar-refractivity contribution in [1.29, 1.82) is 0 Å². The number of urea groups is 1. The molecule has 0 aromatic carbocycles. The Kier molecular flexibility index (Phi) is 5.48. The molecule has 2 rings (SSSR count). The molecule has 0 spiro atoms. The van der Waals surface area contributed by atoms with Crippen LogP contribution in [0.4, 0.5) is 4.79 Å². The Morgan fingerprint density at radius 3 is 2.38 bits per heavy atom. The smallest absolute Gasteiger partial charge is 0.328 e. The Morgan fingerprint density at radius 2 is 1.81 bits per heavy atom. The van der Waals surface area contributed by atoms with Gasteiger partial charge in [-0.05, 0) is 44.4 Å². The lowest BCUT2D eigenvalue weighted by Gasteiger charge is -2.29. The highest BCUT2D eigenvalue weighted by molar-refractivity contribution is 5.83. The molecule has 0 aromatic heterocycles. The van der Waals surface area contributed by atoms with Gasteiger partial charge in [-0.1, -0.05) is 19.8 Å². The van der Waals surface area contributed by atoms with Gasteiger partial charge in [-0.25, -0.2) is 9.59 Å². The number of likely N-dealkylation sites (tertiary alicyclic amines) is 1. The van der Waals surface area contributed by atoms with Gasteiger partial charge in [0.05, 0.1) is 6.61 Å². The first kappa shape index (κ1) is 16.1. The van der Waals surface area contributed by atoms with E-state index in [0.29, 0.717) is 13.0 Å². The second kappa shape index (κ2) is 7.14. The van der Waals surface area contributed by atoms with Crippen LogP contribution in [0.5, 0.6) is 0 Å². The van der Waals surface area contributed by atoms with Crippen LogP contribution >= 0.6 is 0 Å². The molecule has 0 unspecified atom stereocenters. The topological polar surface area (TPSA) is 58.6 Å². The van der Waals surface area contributed by atoms with Crippen LogP contribution in [0.15, 0.2) is 0 Å². The van der Waals surface area contributed by atoms with Crippen molar-refractivity contribution in [1.82, 2.24) is 10.2 Å². The van der Waals surface area contributed by atoms with Crippen LogP contribution in [0.25, 0.3) is 0 Å². The van der Waals surface area contributed by atoms with E-state index >= 15 is 0 Å². The number of nitrogens with zero attached hydrogens (tertiary/aromatic N) is 1. The van der Waals surface area contributed by atoms with E-state index in [1.54, 1.807) is 11.8 Å². The maximum absolute atomic E-state index is 12.2. The van der Waals surface area contributed by atoms with Crippen molar-refractivity contribution < 1.29 is 14.3 Å². The van der Waals surface area contributed by atoms with E-state index in [-0.39, 0.29) is 17.4 Å². The van der Waals surface area contributed by atoms with Crippen LogP contribution in [0.3, 0.4) is 0 Å². The average molecular weight is 296 g/mol. The van der Waals surface area contributed by atoms with Crippen molar-refractivity contribution in [2.24, 2.45) is 5.41 Å². The van der Waals surface area contributed by atoms with E-state index in [9.17, 15) is 9.59 Å². The van der Waals surface area contributed by atoms with Gasteiger partial charge in [-0.15, -0.1) is 0 Å². The summed E-state index contributed by atoms with van der Waals surface area (Å²) in [5.74, 6) is -0.293. The number of ether oxygens (including phenoxy) is 1. The number of hydrogen-bond acceptors (Lipinski definition) is 3. The first-order valence-corrected chi connectivity index (χ1v) is 8.26. The van der Waals surface area contributed by atoms with Crippen molar-refractivity contribution in [3.63, 3.8) is 0 Å². The molecule has 2 fully saturated rings. The van der Waals surface area contributed by atoms with E-state index in [2.05, 4.69) is 12.2 Å². The van der Waals surface area contributed by atoms with Gasteiger partial charge in [-0.3, -0.25) is 0 Å². The number of esters is 1. The molecule has 1 N–H and O–H groups in total. The third-order valence-corrected chi connectivity index (χ3v) is 4.77. The molecule has 120 valence electrons. The maximum Gasteiger partial charge on any atom is 0.328 e. The molecule has 1 saturated carbocycles. The van der Waals surface area contributed by atoms with E-state index in [0.717, 1.165) is 38.8 Å². The largest absolute Gasteiger partial charge is 0.464 e. The molecule has 5 nitrogen and oxygen atoms in total.